The molecule has 0 aliphatic rings. The van der Waals surface area contributed by atoms with Crippen molar-refractivity contribution in [3.63, 3.8) is 0 Å². The first-order valence-corrected chi connectivity index (χ1v) is 7.37. The monoisotopic (exact) mass is 275 g/mol. The fourth-order valence-corrected chi connectivity index (χ4v) is 3.36. The van der Waals surface area contributed by atoms with Gasteiger partial charge >= 0.3 is 0 Å². The average Bonchev–Trinajstić information content (AvgIpc) is 2.80. The number of nitrogens with one attached hydrogen (secondary N) is 1. The average molecular weight is 275 g/mol. The molecule has 1 atom stereocenters. The molecule has 0 saturated carbocycles. The minimum atomic E-state index is 0.246. The quantitative estimate of drug-likeness (QED) is 0.911. The van der Waals surface area contributed by atoms with E-state index in [0.717, 1.165) is 5.75 Å². The van der Waals surface area contributed by atoms with E-state index in [1.807, 2.05) is 7.05 Å². The Balaban J connectivity index is 2.50. The Kier molecular flexibility index (Phi) is 4.27. The van der Waals surface area contributed by atoms with E-state index in [1.165, 1.54) is 27.8 Å². The molecular formula is C16H21NOS. The van der Waals surface area contributed by atoms with Gasteiger partial charge in [0.05, 0.1) is 13.2 Å². The van der Waals surface area contributed by atoms with Crippen LogP contribution in [0.15, 0.2) is 22.9 Å². The van der Waals surface area contributed by atoms with Gasteiger partial charge in [-0.05, 0) is 72.5 Å². The van der Waals surface area contributed by atoms with Gasteiger partial charge in [-0.1, -0.05) is 6.07 Å². The first kappa shape index (κ1) is 14.1. The van der Waals surface area contributed by atoms with Gasteiger partial charge in [-0.3, -0.25) is 0 Å². The van der Waals surface area contributed by atoms with E-state index >= 15 is 0 Å². The third-order valence-electron chi connectivity index (χ3n) is 3.59. The van der Waals surface area contributed by atoms with Crippen LogP contribution in [-0.2, 0) is 0 Å². The van der Waals surface area contributed by atoms with Crippen molar-refractivity contribution in [3.05, 3.63) is 50.7 Å². The molecule has 2 rings (SSSR count). The second-order valence-electron chi connectivity index (χ2n) is 4.91. The molecule has 0 aliphatic carbocycles. The highest BCUT2D eigenvalue weighted by atomic mass is 32.1. The van der Waals surface area contributed by atoms with Gasteiger partial charge in [-0.25, -0.2) is 0 Å². The van der Waals surface area contributed by atoms with Gasteiger partial charge in [0.2, 0.25) is 0 Å². The molecule has 0 fully saturated rings. The molecule has 2 nitrogen and oxygen atoms in total. The number of hydrogen-bond acceptors (Lipinski definition) is 3. The zero-order chi connectivity index (χ0) is 14.0. The van der Waals surface area contributed by atoms with Crippen LogP contribution in [0.4, 0.5) is 0 Å². The maximum Gasteiger partial charge on any atom is 0.122 e. The van der Waals surface area contributed by atoms with E-state index in [2.05, 4.69) is 49.0 Å². The van der Waals surface area contributed by atoms with E-state index in [4.69, 9.17) is 4.74 Å². The molecule has 1 heterocycles. The first-order chi connectivity index (χ1) is 9.08. The van der Waals surface area contributed by atoms with Crippen LogP contribution in [0.2, 0.25) is 0 Å². The topological polar surface area (TPSA) is 21.3 Å². The predicted octanol–water partition coefficient (Wildman–Crippen LogP) is 3.99. The maximum atomic E-state index is 5.39. The maximum absolute atomic E-state index is 5.39. The summed E-state index contributed by atoms with van der Waals surface area (Å²) in [5.74, 6) is 0.957. The zero-order valence-electron chi connectivity index (χ0n) is 12.2. The SMILES string of the molecule is CNC(c1cscc1C)c1cc(C)c(OC)cc1C. The van der Waals surface area contributed by atoms with Gasteiger partial charge in [-0.15, -0.1) is 0 Å². The molecule has 3 heteroatoms. The number of methoxy groups -OCH3 is 1. The lowest BCUT2D eigenvalue weighted by Crippen LogP contribution is -2.19. The van der Waals surface area contributed by atoms with Crippen LogP contribution >= 0.6 is 11.3 Å². The van der Waals surface area contributed by atoms with Crippen LogP contribution in [0.5, 0.6) is 5.75 Å². The van der Waals surface area contributed by atoms with Gasteiger partial charge < -0.3 is 10.1 Å². The van der Waals surface area contributed by atoms with Gasteiger partial charge in [0.25, 0.3) is 0 Å². The zero-order valence-corrected chi connectivity index (χ0v) is 13.0. The van der Waals surface area contributed by atoms with Crippen molar-refractivity contribution < 1.29 is 4.74 Å². The van der Waals surface area contributed by atoms with Crippen molar-refractivity contribution in [2.75, 3.05) is 14.2 Å². The third kappa shape index (κ3) is 2.67. The second kappa shape index (κ2) is 5.76. The normalized spacial score (nSPS) is 12.5. The summed E-state index contributed by atoms with van der Waals surface area (Å²) in [5.41, 5.74) is 6.46. The summed E-state index contributed by atoms with van der Waals surface area (Å²) < 4.78 is 5.39. The summed E-state index contributed by atoms with van der Waals surface area (Å²) in [6.45, 7) is 6.40. The summed E-state index contributed by atoms with van der Waals surface area (Å²) in [7, 11) is 3.74. The van der Waals surface area contributed by atoms with Gasteiger partial charge in [0.15, 0.2) is 0 Å². The summed E-state index contributed by atoms with van der Waals surface area (Å²) in [5, 5.41) is 7.86. The minimum Gasteiger partial charge on any atom is -0.496 e. The number of ether oxygens (including phenoxy) is 1. The molecule has 102 valence electrons. The molecule has 2 aromatic rings. The lowest BCUT2D eigenvalue weighted by molar-refractivity contribution is 0.411. The van der Waals surface area contributed by atoms with Crippen molar-refractivity contribution in [3.8, 4) is 5.75 Å². The van der Waals surface area contributed by atoms with Crippen LogP contribution < -0.4 is 10.1 Å². The molecule has 0 amide bonds. The highest BCUT2D eigenvalue weighted by Crippen LogP contribution is 2.32. The second-order valence-corrected chi connectivity index (χ2v) is 5.65. The predicted molar refractivity (Wildman–Crippen MR) is 82.4 cm³/mol. The number of aryl methyl sites for hydroxylation is 3. The molecule has 0 saturated heterocycles. The fourth-order valence-electron chi connectivity index (χ4n) is 2.49. The molecule has 0 spiro atoms. The van der Waals surface area contributed by atoms with E-state index in [0.29, 0.717) is 0 Å². The summed E-state index contributed by atoms with van der Waals surface area (Å²) in [4.78, 5) is 0. The van der Waals surface area contributed by atoms with E-state index in [-0.39, 0.29) is 6.04 Å². The Labute approximate surface area is 119 Å². The lowest BCUT2D eigenvalue weighted by Gasteiger charge is -2.21. The lowest BCUT2D eigenvalue weighted by atomic mass is 9.93. The van der Waals surface area contributed by atoms with Crippen molar-refractivity contribution in [2.24, 2.45) is 0 Å². The third-order valence-corrected chi connectivity index (χ3v) is 4.47. The Morgan fingerprint density at radius 2 is 1.74 bits per heavy atom. The molecule has 0 bridgehead atoms. The highest BCUT2D eigenvalue weighted by molar-refractivity contribution is 7.08. The first-order valence-electron chi connectivity index (χ1n) is 6.43. The van der Waals surface area contributed by atoms with Gasteiger partial charge in [0, 0.05) is 0 Å². The van der Waals surface area contributed by atoms with Gasteiger partial charge in [0.1, 0.15) is 5.75 Å². The number of thiophene rings is 1. The van der Waals surface area contributed by atoms with E-state index in [1.54, 1.807) is 18.4 Å². The summed E-state index contributed by atoms with van der Waals surface area (Å²) in [6.07, 6.45) is 0. The van der Waals surface area contributed by atoms with Crippen molar-refractivity contribution >= 4 is 11.3 Å². The van der Waals surface area contributed by atoms with Crippen molar-refractivity contribution in [1.82, 2.24) is 5.32 Å². The number of benzene rings is 1. The standard InChI is InChI=1S/C16H21NOS/c1-10-7-15(18-5)11(2)6-13(10)16(17-4)14-9-19-8-12(14)3/h6-9,16-17H,1-5H3. The smallest absolute Gasteiger partial charge is 0.122 e. The Morgan fingerprint density at radius 3 is 2.26 bits per heavy atom. The molecule has 1 unspecified atom stereocenters. The Morgan fingerprint density at radius 1 is 1.00 bits per heavy atom. The molecule has 0 radical (unpaired) electrons. The number of rotatable bonds is 4. The molecule has 1 aromatic carbocycles. The summed E-state index contributed by atoms with van der Waals surface area (Å²) >= 11 is 1.76. The minimum absolute atomic E-state index is 0.246. The Bertz CT molecular complexity index is 574. The number of hydrogen-bond donors (Lipinski definition) is 1. The fraction of sp³-hybridized carbons (Fsp3) is 0.375. The van der Waals surface area contributed by atoms with Crippen LogP contribution in [-0.4, -0.2) is 14.2 Å². The van der Waals surface area contributed by atoms with Gasteiger partial charge in [-0.2, -0.15) is 11.3 Å². The molecule has 1 aromatic heterocycles. The highest BCUT2D eigenvalue weighted by Gasteiger charge is 2.18. The largest absolute Gasteiger partial charge is 0.496 e. The van der Waals surface area contributed by atoms with Crippen molar-refractivity contribution in [1.29, 1.82) is 0 Å². The summed E-state index contributed by atoms with van der Waals surface area (Å²) in [6, 6.07) is 4.60. The van der Waals surface area contributed by atoms with Crippen molar-refractivity contribution in [2.45, 2.75) is 26.8 Å². The van der Waals surface area contributed by atoms with E-state index in [9.17, 15) is 0 Å². The molecule has 19 heavy (non-hydrogen) atoms. The van der Waals surface area contributed by atoms with Crippen LogP contribution in [0.1, 0.15) is 33.9 Å². The van der Waals surface area contributed by atoms with Crippen LogP contribution in [0.25, 0.3) is 0 Å². The molecule has 0 aliphatic heterocycles. The molecular weight excluding hydrogens is 254 g/mol. The molecule has 1 N–H and O–H groups in total. The van der Waals surface area contributed by atoms with Crippen LogP contribution in [0, 0.1) is 20.8 Å². The van der Waals surface area contributed by atoms with Crippen LogP contribution in [0.3, 0.4) is 0 Å². The van der Waals surface area contributed by atoms with E-state index < -0.39 is 0 Å². The Hall–Kier alpha value is -1.32.